The van der Waals surface area contributed by atoms with Crippen LogP contribution in [0.2, 0.25) is 0 Å². The number of hydrogen-bond acceptors (Lipinski definition) is 4. The van der Waals surface area contributed by atoms with Crippen molar-refractivity contribution in [3.8, 4) is 17.1 Å². The Balaban J connectivity index is 1.96. The number of methoxy groups -OCH3 is 1. The van der Waals surface area contributed by atoms with Crippen LogP contribution in [0.25, 0.3) is 11.4 Å². The topological polar surface area (TPSA) is 44.2 Å². The van der Waals surface area contributed by atoms with E-state index >= 15 is 0 Å². The molecule has 2 rings (SSSR count). The van der Waals surface area contributed by atoms with Crippen molar-refractivity contribution in [2.75, 3.05) is 20.3 Å². The summed E-state index contributed by atoms with van der Waals surface area (Å²) in [7, 11) is 1.66. The zero-order chi connectivity index (χ0) is 14.2. The molecule has 0 N–H and O–H groups in total. The van der Waals surface area contributed by atoms with Crippen molar-refractivity contribution < 1.29 is 13.9 Å². The third kappa shape index (κ3) is 3.99. The highest BCUT2D eigenvalue weighted by Gasteiger charge is 2.02. The van der Waals surface area contributed by atoms with Gasteiger partial charge in [0.2, 0.25) is 0 Å². The molecule has 20 heavy (non-hydrogen) atoms. The predicted molar refractivity (Wildman–Crippen MR) is 74.3 cm³/mol. The second-order valence-corrected chi connectivity index (χ2v) is 4.27. The van der Waals surface area contributed by atoms with Crippen molar-refractivity contribution in [1.29, 1.82) is 0 Å². The summed E-state index contributed by atoms with van der Waals surface area (Å²) in [5.74, 6) is 1.23. The van der Waals surface area contributed by atoms with Crippen molar-refractivity contribution in [1.82, 2.24) is 9.97 Å². The Labute approximate surface area is 117 Å². The lowest BCUT2D eigenvalue weighted by molar-refractivity contribution is 0.172. The second-order valence-electron chi connectivity index (χ2n) is 4.27. The highest BCUT2D eigenvalue weighted by Crippen LogP contribution is 2.17. The molecule has 0 aliphatic carbocycles. The lowest BCUT2D eigenvalue weighted by Crippen LogP contribution is -2.02. The normalized spacial score (nSPS) is 10.5. The average molecular weight is 276 g/mol. The van der Waals surface area contributed by atoms with Gasteiger partial charge >= 0.3 is 0 Å². The molecule has 1 heterocycles. The summed E-state index contributed by atoms with van der Waals surface area (Å²) in [6, 6.07) is 7.08. The minimum atomic E-state index is -0.463. The molecule has 0 saturated heterocycles. The van der Waals surface area contributed by atoms with Crippen LogP contribution in [-0.2, 0) is 11.4 Å². The van der Waals surface area contributed by atoms with Crippen molar-refractivity contribution in [2.45, 2.75) is 13.1 Å². The quantitative estimate of drug-likeness (QED) is 0.729. The molecule has 1 aromatic heterocycles. The summed E-state index contributed by atoms with van der Waals surface area (Å²) in [5.41, 5.74) is 1.50. The van der Waals surface area contributed by atoms with Crippen LogP contribution in [0.1, 0.15) is 12.0 Å². The molecular formula is C15H17FN2O2. The van der Waals surface area contributed by atoms with Gasteiger partial charge in [-0.15, -0.1) is 0 Å². The zero-order valence-corrected chi connectivity index (χ0v) is 11.4. The predicted octanol–water partition coefficient (Wildman–Crippen LogP) is 3.03. The van der Waals surface area contributed by atoms with Gasteiger partial charge in [-0.2, -0.15) is 0 Å². The van der Waals surface area contributed by atoms with Gasteiger partial charge in [-0.25, -0.2) is 14.4 Å². The number of alkyl halides is 1. The van der Waals surface area contributed by atoms with E-state index < -0.39 is 6.67 Å². The van der Waals surface area contributed by atoms with E-state index in [1.54, 1.807) is 31.6 Å². The molecule has 0 aliphatic heterocycles. The molecule has 0 atom stereocenters. The summed E-state index contributed by atoms with van der Waals surface area (Å²) < 4.78 is 22.8. The van der Waals surface area contributed by atoms with Gasteiger partial charge in [-0.3, -0.25) is 0 Å². The van der Waals surface area contributed by atoms with Crippen LogP contribution in [0, 0.1) is 0 Å². The Morgan fingerprint density at radius 3 is 2.35 bits per heavy atom. The van der Waals surface area contributed by atoms with E-state index in [1.165, 1.54) is 0 Å². The first-order valence-corrected chi connectivity index (χ1v) is 6.42. The highest BCUT2D eigenvalue weighted by atomic mass is 19.1. The summed E-state index contributed by atoms with van der Waals surface area (Å²) >= 11 is 0. The highest BCUT2D eigenvalue weighted by molar-refractivity contribution is 5.55. The molecule has 1 aromatic carbocycles. The molecule has 0 unspecified atom stereocenters. The maximum atomic E-state index is 12.4. The maximum absolute atomic E-state index is 12.4. The summed E-state index contributed by atoms with van der Waals surface area (Å²) in [5, 5.41) is 0. The van der Waals surface area contributed by atoms with Crippen LogP contribution < -0.4 is 4.74 Å². The van der Waals surface area contributed by atoms with Crippen LogP contribution >= 0.6 is 0 Å². The number of nitrogens with zero attached hydrogens (tertiary/aromatic N) is 2. The molecule has 0 aliphatic rings. The van der Waals surface area contributed by atoms with E-state index in [2.05, 4.69) is 9.97 Å². The average Bonchev–Trinajstić information content (AvgIpc) is 2.52. The molecule has 0 bridgehead atoms. The Kier molecular flexibility index (Phi) is 5.43. The molecule has 4 nitrogen and oxygen atoms in total. The summed E-state index contributed by atoms with van der Waals surface area (Å²) in [6.45, 7) is 0.775. The van der Waals surface area contributed by atoms with Crippen LogP contribution in [0.3, 0.4) is 0 Å². The lowest BCUT2D eigenvalue weighted by atomic mass is 10.1. The van der Waals surface area contributed by atoms with Crippen molar-refractivity contribution >= 4 is 0 Å². The smallest absolute Gasteiger partial charge is 0.159 e. The Morgan fingerprint density at radius 1 is 1.05 bits per heavy atom. The minimum absolute atomic E-state index is 0.463. The number of hydrogen-bond donors (Lipinski definition) is 0. The van der Waals surface area contributed by atoms with E-state index in [0.717, 1.165) is 12.0 Å². The van der Waals surface area contributed by atoms with Crippen molar-refractivity contribution in [3.05, 3.63) is 42.2 Å². The van der Waals surface area contributed by atoms with Gasteiger partial charge in [0.1, 0.15) is 6.67 Å². The van der Waals surface area contributed by atoms with E-state index in [-0.39, 0.29) is 0 Å². The van der Waals surface area contributed by atoms with E-state index in [0.29, 0.717) is 30.4 Å². The number of benzene rings is 1. The van der Waals surface area contributed by atoms with Crippen LogP contribution in [0.5, 0.6) is 5.75 Å². The molecule has 0 radical (unpaired) electrons. The summed E-state index contributed by atoms with van der Waals surface area (Å²) in [6.07, 6.45) is 4.10. The second kappa shape index (κ2) is 7.55. The Bertz CT molecular complexity index is 514. The van der Waals surface area contributed by atoms with Crippen LogP contribution in [0.15, 0.2) is 36.7 Å². The minimum Gasteiger partial charge on any atom is -0.490 e. The van der Waals surface area contributed by atoms with Crippen LogP contribution in [0.4, 0.5) is 4.39 Å². The van der Waals surface area contributed by atoms with Crippen LogP contribution in [-0.4, -0.2) is 30.3 Å². The van der Waals surface area contributed by atoms with Crippen molar-refractivity contribution in [3.63, 3.8) is 0 Å². The number of halogens is 1. The van der Waals surface area contributed by atoms with Crippen molar-refractivity contribution in [2.24, 2.45) is 0 Å². The summed E-state index contributed by atoms with van der Waals surface area (Å²) in [4.78, 5) is 8.48. The first kappa shape index (κ1) is 14.4. The van der Waals surface area contributed by atoms with Gasteiger partial charge in [0.05, 0.1) is 19.0 Å². The SMILES string of the molecule is COCCCOc1cnc(-c2ccc(CF)cc2)nc1. The molecule has 0 saturated carbocycles. The zero-order valence-electron chi connectivity index (χ0n) is 11.4. The third-order valence-electron chi connectivity index (χ3n) is 2.76. The largest absolute Gasteiger partial charge is 0.490 e. The Hall–Kier alpha value is -2.01. The van der Waals surface area contributed by atoms with Gasteiger partial charge in [0.25, 0.3) is 0 Å². The first-order chi connectivity index (χ1) is 9.83. The van der Waals surface area contributed by atoms with Gasteiger partial charge in [-0.05, 0) is 5.56 Å². The number of rotatable bonds is 7. The molecule has 2 aromatic rings. The molecule has 0 amide bonds. The monoisotopic (exact) mass is 276 g/mol. The molecule has 106 valence electrons. The van der Waals surface area contributed by atoms with E-state index in [9.17, 15) is 4.39 Å². The van der Waals surface area contributed by atoms with Gasteiger partial charge < -0.3 is 9.47 Å². The Morgan fingerprint density at radius 2 is 1.75 bits per heavy atom. The first-order valence-electron chi connectivity index (χ1n) is 6.42. The molecular weight excluding hydrogens is 259 g/mol. The number of ether oxygens (including phenoxy) is 2. The van der Waals surface area contributed by atoms with E-state index in [4.69, 9.17) is 9.47 Å². The maximum Gasteiger partial charge on any atom is 0.159 e. The fourth-order valence-electron chi connectivity index (χ4n) is 1.68. The van der Waals surface area contributed by atoms with Gasteiger partial charge in [-0.1, -0.05) is 24.3 Å². The molecule has 5 heteroatoms. The fraction of sp³-hybridized carbons (Fsp3) is 0.333. The third-order valence-corrected chi connectivity index (χ3v) is 2.76. The fourth-order valence-corrected chi connectivity index (χ4v) is 1.68. The molecule has 0 spiro atoms. The van der Waals surface area contributed by atoms with E-state index in [1.807, 2.05) is 12.1 Å². The standard InChI is InChI=1S/C15H17FN2O2/c1-19-7-2-8-20-14-10-17-15(18-11-14)13-5-3-12(9-16)4-6-13/h3-6,10-11H,2,7-9H2,1H3. The lowest BCUT2D eigenvalue weighted by Gasteiger charge is -2.06. The molecule has 0 fully saturated rings. The number of aromatic nitrogens is 2. The van der Waals surface area contributed by atoms with Gasteiger partial charge in [0.15, 0.2) is 11.6 Å². The van der Waals surface area contributed by atoms with Gasteiger partial charge in [0, 0.05) is 25.7 Å².